The Hall–Kier alpha value is -3.29. The van der Waals surface area contributed by atoms with Crippen molar-refractivity contribution in [1.82, 2.24) is 15.5 Å². The lowest BCUT2D eigenvalue weighted by Gasteiger charge is -2.36. The number of carbonyl (C=O) groups excluding carboxylic acids is 1. The second-order valence-corrected chi connectivity index (χ2v) is 7.37. The van der Waals surface area contributed by atoms with Gasteiger partial charge in [-0.25, -0.2) is 4.39 Å². The third-order valence-electron chi connectivity index (χ3n) is 5.11. The maximum Gasteiger partial charge on any atom is 0.242 e. The summed E-state index contributed by atoms with van der Waals surface area (Å²) < 4.78 is 19.3. The highest BCUT2D eigenvalue weighted by Crippen LogP contribution is 2.17. The number of amides is 1. The summed E-state index contributed by atoms with van der Waals surface area (Å²) in [6, 6.07) is 16.5. The number of para-hydroxylation sites is 2. The van der Waals surface area contributed by atoms with Gasteiger partial charge in [0.15, 0.2) is 17.5 Å². The zero-order valence-corrected chi connectivity index (χ0v) is 18.1. The zero-order valence-electron chi connectivity index (χ0n) is 18.1. The lowest BCUT2D eigenvalue weighted by Crippen LogP contribution is -2.52. The maximum absolute atomic E-state index is 13.7. The van der Waals surface area contributed by atoms with Crippen LogP contribution >= 0.6 is 0 Å². The van der Waals surface area contributed by atoms with Crippen molar-refractivity contribution >= 4 is 17.6 Å². The molecule has 31 heavy (non-hydrogen) atoms. The Kier molecular flexibility index (Phi) is 8.09. The van der Waals surface area contributed by atoms with E-state index >= 15 is 0 Å². The molecule has 3 rings (SSSR count). The van der Waals surface area contributed by atoms with Crippen LogP contribution in [-0.2, 0) is 4.79 Å². The van der Waals surface area contributed by atoms with E-state index in [-0.39, 0.29) is 24.3 Å². The summed E-state index contributed by atoms with van der Waals surface area (Å²) in [5.74, 6) is 0.353. The first kappa shape index (κ1) is 22.4. The summed E-state index contributed by atoms with van der Waals surface area (Å²) in [5.41, 5.74) is 1.18. The van der Waals surface area contributed by atoms with Gasteiger partial charge in [0.25, 0.3) is 0 Å². The number of benzene rings is 2. The van der Waals surface area contributed by atoms with Gasteiger partial charge in [0.2, 0.25) is 5.91 Å². The zero-order chi connectivity index (χ0) is 22.1. The number of halogens is 1. The molecule has 1 fully saturated rings. The van der Waals surface area contributed by atoms with Gasteiger partial charge in [0.05, 0.1) is 13.1 Å². The van der Waals surface area contributed by atoms with E-state index < -0.39 is 5.82 Å². The summed E-state index contributed by atoms with van der Waals surface area (Å²) in [6.45, 7) is 5.42. The fourth-order valence-electron chi connectivity index (χ4n) is 3.38. The van der Waals surface area contributed by atoms with E-state index in [9.17, 15) is 9.18 Å². The Morgan fingerprint density at radius 1 is 1.06 bits per heavy atom. The molecule has 1 aliphatic heterocycles. The van der Waals surface area contributed by atoms with Crippen molar-refractivity contribution in [2.75, 3.05) is 51.2 Å². The molecule has 8 heteroatoms. The summed E-state index contributed by atoms with van der Waals surface area (Å²) in [7, 11) is 1.64. The van der Waals surface area contributed by atoms with Gasteiger partial charge in [-0.2, -0.15) is 0 Å². The minimum absolute atomic E-state index is 0.0336. The van der Waals surface area contributed by atoms with E-state index in [2.05, 4.69) is 32.7 Å². The topological polar surface area (TPSA) is 69.2 Å². The molecule has 0 saturated carbocycles. The van der Waals surface area contributed by atoms with Crippen LogP contribution in [-0.4, -0.2) is 69.2 Å². The summed E-state index contributed by atoms with van der Waals surface area (Å²) >= 11 is 0. The molecule has 0 bridgehead atoms. The minimum atomic E-state index is -0.394. The van der Waals surface area contributed by atoms with Crippen molar-refractivity contribution in [2.45, 2.75) is 13.0 Å². The number of piperazine rings is 1. The fourth-order valence-corrected chi connectivity index (χ4v) is 3.38. The number of carbonyl (C=O) groups is 1. The Bertz CT molecular complexity index is 869. The lowest BCUT2D eigenvalue weighted by atomic mass is 10.2. The van der Waals surface area contributed by atoms with Crippen LogP contribution in [0.3, 0.4) is 0 Å². The van der Waals surface area contributed by atoms with Crippen molar-refractivity contribution in [2.24, 2.45) is 4.99 Å². The maximum atomic E-state index is 13.7. The normalized spacial score (nSPS) is 15.4. The molecular formula is C23H30FN5O2. The highest BCUT2D eigenvalue weighted by molar-refractivity contribution is 5.86. The number of ether oxygens (including phenoxy) is 1. The summed E-state index contributed by atoms with van der Waals surface area (Å²) in [6.07, 6.45) is -0.280. The average Bonchev–Trinajstić information content (AvgIpc) is 2.81. The van der Waals surface area contributed by atoms with Gasteiger partial charge in [0, 0.05) is 38.9 Å². The van der Waals surface area contributed by atoms with Crippen LogP contribution in [0.25, 0.3) is 0 Å². The molecule has 7 nitrogen and oxygen atoms in total. The molecule has 166 valence electrons. The molecule has 2 aromatic rings. The Balaban J connectivity index is 1.38. The molecule has 2 N–H and O–H groups in total. The van der Waals surface area contributed by atoms with Crippen LogP contribution in [0.5, 0.6) is 5.75 Å². The van der Waals surface area contributed by atoms with Gasteiger partial charge in [0.1, 0.15) is 6.10 Å². The first-order valence-electron chi connectivity index (χ1n) is 10.5. The van der Waals surface area contributed by atoms with Crippen molar-refractivity contribution in [3.05, 3.63) is 60.4 Å². The monoisotopic (exact) mass is 427 g/mol. The molecule has 0 spiro atoms. The SMILES string of the molecule is CN=C(NCC(=O)N1CCN(c2ccccc2)CC1)NCC(C)Oc1ccccc1F. The number of nitrogens with zero attached hydrogens (tertiary/aromatic N) is 3. The number of anilines is 1. The van der Waals surface area contributed by atoms with Crippen LogP contribution in [0, 0.1) is 5.82 Å². The van der Waals surface area contributed by atoms with Crippen molar-refractivity contribution < 1.29 is 13.9 Å². The largest absolute Gasteiger partial charge is 0.486 e. The molecule has 1 saturated heterocycles. The predicted octanol–water partition coefficient (Wildman–Crippen LogP) is 2.11. The van der Waals surface area contributed by atoms with E-state index in [0.717, 1.165) is 13.1 Å². The lowest BCUT2D eigenvalue weighted by molar-refractivity contribution is -0.130. The van der Waals surface area contributed by atoms with Crippen LogP contribution < -0.4 is 20.3 Å². The molecule has 2 aromatic carbocycles. The molecular weight excluding hydrogens is 397 g/mol. The molecule has 1 atom stereocenters. The Morgan fingerprint density at radius 2 is 1.74 bits per heavy atom. The Labute approximate surface area is 182 Å². The number of aliphatic imine (C=N–C) groups is 1. The van der Waals surface area contributed by atoms with Gasteiger partial charge >= 0.3 is 0 Å². The predicted molar refractivity (Wildman–Crippen MR) is 121 cm³/mol. The summed E-state index contributed by atoms with van der Waals surface area (Å²) in [4.78, 5) is 20.9. The molecule has 0 aromatic heterocycles. The minimum Gasteiger partial charge on any atom is -0.486 e. The van der Waals surface area contributed by atoms with Crippen molar-refractivity contribution in [3.63, 3.8) is 0 Å². The van der Waals surface area contributed by atoms with Gasteiger partial charge in [-0.3, -0.25) is 9.79 Å². The molecule has 1 aliphatic rings. The van der Waals surface area contributed by atoms with Crippen LogP contribution in [0.4, 0.5) is 10.1 Å². The number of hydrogen-bond acceptors (Lipinski definition) is 4. The van der Waals surface area contributed by atoms with Crippen LogP contribution in [0.1, 0.15) is 6.92 Å². The second-order valence-electron chi connectivity index (χ2n) is 7.37. The van der Waals surface area contributed by atoms with E-state index in [4.69, 9.17) is 4.74 Å². The smallest absolute Gasteiger partial charge is 0.242 e. The van der Waals surface area contributed by atoms with E-state index in [1.54, 1.807) is 25.2 Å². The summed E-state index contributed by atoms with van der Waals surface area (Å²) in [5, 5.41) is 6.15. The Morgan fingerprint density at radius 3 is 2.42 bits per heavy atom. The van der Waals surface area contributed by atoms with Gasteiger partial charge in [-0.1, -0.05) is 30.3 Å². The molecule has 1 amide bonds. The molecule has 0 radical (unpaired) electrons. The van der Waals surface area contributed by atoms with Crippen LogP contribution in [0.15, 0.2) is 59.6 Å². The molecule has 1 unspecified atom stereocenters. The average molecular weight is 428 g/mol. The fraction of sp³-hybridized carbons (Fsp3) is 0.391. The van der Waals surface area contributed by atoms with Gasteiger partial charge < -0.3 is 25.2 Å². The first-order chi connectivity index (χ1) is 15.1. The molecule has 0 aliphatic carbocycles. The highest BCUT2D eigenvalue weighted by Gasteiger charge is 2.21. The van der Waals surface area contributed by atoms with Crippen LogP contribution in [0.2, 0.25) is 0 Å². The number of guanidine groups is 1. The van der Waals surface area contributed by atoms with Crippen molar-refractivity contribution in [1.29, 1.82) is 0 Å². The quantitative estimate of drug-likeness (QED) is 0.523. The van der Waals surface area contributed by atoms with Gasteiger partial charge in [-0.15, -0.1) is 0 Å². The number of rotatable bonds is 7. The third kappa shape index (κ3) is 6.60. The third-order valence-corrected chi connectivity index (χ3v) is 5.11. The standard InChI is InChI=1S/C23H30FN5O2/c1-18(31-21-11-7-6-10-20(21)24)16-26-23(25-2)27-17-22(30)29-14-12-28(13-15-29)19-8-4-3-5-9-19/h3-11,18H,12-17H2,1-2H3,(H2,25,26,27). The van der Waals surface area contributed by atoms with E-state index in [0.29, 0.717) is 25.6 Å². The second kappa shape index (κ2) is 11.2. The molecule has 1 heterocycles. The highest BCUT2D eigenvalue weighted by atomic mass is 19.1. The number of nitrogens with one attached hydrogen (secondary N) is 2. The number of hydrogen-bond donors (Lipinski definition) is 2. The van der Waals surface area contributed by atoms with Gasteiger partial charge in [-0.05, 0) is 31.2 Å². The first-order valence-corrected chi connectivity index (χ1v) is 10.5. The van der Waals surface area contributed by atoms with E-state index in [1.165, 1.54) is 11.8 Å². The van der Waals surface area contributed by atoms with E-state index in [1.807, 2.05) is 30.0 Å². The van der Waals surface area contributed by atoms with Crippen molar-refractivity contribution in [3.8, 4) is 5.75 Å².